The number of hydrogen-bond donors (Lipinski definition) is 3. The van der Waals surface area contributed by atoms with Crippen molar-refractivity contribution in [1.29, 1.82) is 0 Å². The lowest BCUT2D eigenvalue weighted by Gasteiger charge is -2.10. The van der Waals surface area contributed by atoms with Crippen molar-refractivity contribution in [2.45, 2.75) is 45.4 Å². The van der Waals surface area contributed by atoms with Crippen LogP contribution in [-0.2, 0) is 0 Å². The minimum absolute atomic E-state index is 0.338. The molecule has 0 spiro atoms. The first-order valence-corrected chi connectivity index (χ1v) is 6.39. The van der Waals surface area contributed by atoms with Crippen LogP contribution < -0.4 is 11.1 Å². The number of nitrogens with zero attached hydrogens (tertiary/aromatic N) is 1. The van der Waals surface area contributed by atoms with Crippen LogP contribution in [0.4, 0.5) is 0 Å². The van der Waals surface area contributed by atoms with Crippen molar-refractivity contribution in [2.75, 3.05) is 13.1 Å². The molecule has 4 N–H and O–H groups in total. The fraction of sp³-hybridized carbons (Fsp3) is 0.917. The third-order valence-electron chi connectivity index (χ3n) is 3.40. The standard InChI is InChI=1S/C12H25N3O/c1-10-5-6-11(8-10)9-14-7-3-2-4-12(13)15-16/h10-11,14,16H,2-9H2,1H3,(H2,13,15). The van der Waals surface area contributed by atoms with E-state index in [2.05, 4.69) is 17.4 Å². The number of nitrogens with two attached hydrogens (primary N) is 1. The van der Waals surface area contributed by atoms with Gasteiger partial charge in [0.25, 0.3) is 0 Å². The van der Waals surface area contributed by atoms with Gasteiger partial charge < -0.3 is 16.3 Å². The van der Waals surface area contributed by atoms with Gasteiger partial charge >= 0.3 is 0 Å². The summed E-state index contributed by atoms with van der Waals surface area (Å²) in [5, 5.41) is 14.8. The average molecular weight is 227 g/mol. The maximum atomic E-state index is 8.35. The molecule has 0 aromatic rings. The van der Waals surface area contributed by atoms with Crippen molar-refractivity contribution in [2.24, 2.45) is 22.7 Å². The molecule has 1 aliphatic carbocycles. The molecule has 4 heteroatoms. The first kappa shape index (κ1) is 13.3. The Kier molecular flexibility index (Phi) is 6.23. The molecule has 2 unspecified atom stereocenters. The molecule has 1 rings (SSSR count). The molecule has 0 aliphatic heterocycles. The van der Waals surface area contributed by atoms with E-state index in [0.717, 1.165) is 37.8 Å². The highest BCUT2D eigenvalue weighted by Crippen LogP contribution is 2.29. The van der Waals surface area contributed by atoms with E-state index in [1.165, 1.54) is 19.3 Å². The Hall–Kier alpha value is -0.770. The molecule has 0 heterocycles. The third-order valence-corrected chi connectivity index (χ3v) is 3.40. The highest BCUT2D eigenvalue weighted by Gasteiger charge is 2.20. The van der Waals surface area contributed by atoms with E-state index >= 15 is 0 Å². The summed E-state index contributed by atoms with van der Waals surface area (Å²) in [4.78, 5) is 0. The van der Waals surface area contributed by atoms with Crippen LogP contribution in [0.1, 0.15) is 45.4 Å². The predicted octanol–water partition coefficient (Wildman–Crippen LogP) is 1.93. The molecule has 1 saturated carbocycles. The zero-order chi connectivity index (χ0) is 11.8. The van der Waals surface area contributed by atoms with Crippen LogP contribution in [-0.4, -0.2) is 24.1 Å². The summed E-state index contributed by atoms with van der Waals surface area (Å²) in [5.74, 6) is 2.15. The highest BCUT2D eigenvalue weighted by molar-refractivity contribution is 5.79. The minimum atomic E-state index is 0.338. The van der Waals surface area contributed by atoms with Crippen LogP contribution in [0.3, 0.4) is 0 Å². The fourth-order valence-corrected chi connectivity index (χ4v) is 2.42. The van der Waals surface area contributed by atoms with Gasteiger partial charge in [0.05, 0.1) is 0 Å². The fourth-order valence-electron chi connectivity index (χ4n) is 2.42. The van der Waals surface area contributed by atoms with Gasteiger partial charge in [-0.3, -0.25) is 0 Å². The Balaban J connectivity index is 1.88. The molecule has 1 aliphatic rings. The lowest BCUT2D eigenvalue weighted by atomic mass is 10.1. The molecule has 0 bridgehead atoms. The summed E-state index contributed by atoms with van der Waals surface area (Å²) < 4.78 is 0. The molecular formula is C12H25N3O. The third kappa shape index (κ3) is 5.35. The van der Waals surface area contributed by atoms with Gasteiger partial charge in [0.15, 0.2) is 0 Å². The summed E-state index contributed by atoms with van der Waals surface area (Å²) in [5.41, 5.74) is 5.38. The van der Waals surface area contributed by atoms with Gasteiger partial charge in [-0.25, -0.2) is 0 Å². The predicted molar refractivity (Wildman–Crippen MR) is 66.6 cm³/mol. The lowest BCUT2D eigenvalue weighted by molar-refractivity contribution is 0.316. The first-order chi connectivity index (χ1) is 7.72. The normalized spacial score (nSPS) is 26.2. The SMILES string of the molecule is CC1CCC(CNCCCCC(N)=NO)C1. The van der Waals surface area contributed by atoms with Crippen LogP contribution in [0.15, 0.2) is 5.16 Å². The molecule has 0 amide bonds. The number of hydrogen-bond acceptors (Lipinski definition) is 3. The lowest BCUT2D eigenvalue weighted by Crippen LogP contribution is -2.22. The molecular weight excluding hydrogens is 202 g/mol. The van der Waals surface area contributed by atoms with E-state index in [0.29, 0.717) is 12.3 Å². The number of amidine groups is 1. The second-order valence-electron chi connectivity index (χ2n) is 5.04. The Morgan fingerprint density at radius 3 is 2.88 bits per heavy atom. The Labute approximate surface area is 98.3 Å². The van der Waals surface area contributed by atoms with E-state index in [1.54, 1.807) is 0 Å². The summed E-state index contributed by atoms with van der Waals surface area (Å²) >= 11 is 0. The topological polar surface area (TPSA) is 70.6 Å². The van der Waals surface area contributed by atoms with Gasteiger partial charge in [0.1, 0.15) is 5.84 Å². The number of nitrogens with one attached hydrogen (secondary N) is 1. The molecule has 16 heavy (non-hydrogen) atoms. The van der Waals surface area contributed by atoms with Gasteiger partial charge in [0, 0.05) is 6.42 Å². The van der Waals surface area contributed by atoms with Gasteiger partial charge in [-0.05, 0) is 50.6 Å². The molecule has 0 saturated heterocycles. The minimum Gasteiger partial charge on any atom is -0.409 e. The van der Waals surface area contributed by atoms with Gasteiger partial charge in [0.2, 0.25) is 0 Å². The van der Waals surface area contributed by atoms with Crippen LogP contribution >= 0.6 is 0 Å². The van der Waals surface area contributed by atoms with Crippen LogP contribution in [0, 0.1) is 11.8 Å². The maximum absolute atomic E-state index is 8.35. The van der Waals surface area contributed by atoms with E-state index in [4.69, 9.17) is 10.9 Å². The zero-order valence-corrected chi connectivity index (χ0v) is 10.3. The second kappa shape index (κ2) is 7.49. The van der Waals surface area contributed by atoms with Crippen molar-refractivity contribution in [3.05, 3.63) is 0 Å². The molecule has 4 nitrogen and oxygen atoms in total. The van der Waals surface area contributed by atoms with Crippen molar-refractivity contribution in [3.63, 3.8) is 0 Å². The largest absolute Gasteiger partial charge is 0.409 e. The summed E-state index contributed by atoms with van der Waals surface area (Å²) in [6.07, 6.45) is 6.95. The maximum Gasteiger partial charge on any atom is 0.139 e. The second-order valence-corrected chi connectivity index (χ2v) is 5.04. The van der Waals surface area contributed by atoms with E-state index in [1.807, 2.05) is 0 Å². The van der Waals surface area contributed by atoms with Gasteiger partial charge in [-0.2, -0.15) is 0 Å². The van der Waals surface area contributed by atoms with Gasteiger partial charge in [-0.15, -0.1) is 0 Å². The van der Waals surface area contributed by atoms with E-state index in [9.17, 15) is 0 Å². The van der Waals surface area contributed by atoms with Crippen molar-refractivity contribution in [1.82, 2.24) is 5.32 Å². The summed E-state index contributed by atoms with van der Waals surface area (Å²) in [7, 11) is 0. The first-order valence-electron chi connectivity index (χ1n) is 6.39. The van der Waals surface area contributed by atoms with E-state index < -0.39 is 0 Å². The van der Waals surface area contributed by atoms with Crippen molar-refractivity contribution in [3.8, 4) is 0 Å². The molecule has 0 radical (unpaired) electrons. The molecule has 94 valence electrons. The molecule has 2 atom stereocenters. The Morgan fingerprint density at radius 2 is 2.25 bits per heavy atom. The molecule has 0 aromatic carbocycles. The highest BCUT2D eigenvalue weighted by atomic mass is 16.4. The Bertz CT molecular complexity index is 218. The van der Waals surface area contributed by atoms with Crippen LogP contribution in [0.5, 0.6) is 0 Å². The smallest absolute Gasteiger partial charge is 0.139 e. The average Bonchev–Trinajstić information content (AvgIpc) is 2.69. The molecule has 1 fully saturated rings. The van der Waals surface area contributed by atoms with Crippen LogP contribution in [0.2, 0.25) is 0 Å². The van der Waals surface area contributed by atoms with Gasteiger partial charge in [-0.1, -0.05) is 18.5 Å². The summed E-state index contributed by atoms with van der Waals surface area (Å²) in [6, 6.07) is 0. The van der Waals surface area contributed by atoms with Crippen molar-refractivity contribution < 1.29 is 5.21 Å². The number of rotatable bonds is 7. The number of unbranched alkanes of at least 4 members (excludes halogenated alkanes) is 1. The Morgan fingerprint density at radius 1 is 1.44 bits per heavy atom. The zero-order valence-electron chi connectivity index (χ0n) is 10.3. The quantitative estimate of drug-likeness (QED) is 0.205. The summed E-state index contributed by atoms with van der Waals surface area (Å²) in [6.45, 7) is 4.55. The molecule has 0 aromatic heterocycles. The monoisotopic (exact) mass is 227 g/mol. The van der Waals surface area contributed by atoms with E-state index in [-0.39, 0.29) is 0 Å². The van der Waals surface area contributed by atoms with Crippen molar-refractivity contribution >= 4 is 5.84 Å². The number of oxime groups is 1. The van der Waals surface area contributed by atoms with Crippen LogP contribution in [0.25, 0.3) is 0 Å².